The molecule has 0 bridgehead atoms. The lowest BCUT2D eigenvalue weighted by atomic mass is 10.1. The molecule has 1 aromatic carbocycles. The van der Waals surface area contributed by atoms with Crippen LogP contribution in [0.25, 0.3) is 10.9 Å². The fraction of sp³-hybridized carbons (Fsp3) is 0.400. The summed E-state index contributed by atoms with van der Waals surface area (Å²) in [6.45, 7) is 4.09. The van der Waals surface area contributed by atoms with E-state index in [-0.39, 0.29) is 5.69 Å². The molecule has 0 unspecified atom stereocenters. The van der Waals surface area contributed by atoms with Crippen LogP contribution in [0.1, 0.15) is 6.92 Å². The van der Waals surface area contributed by atoms with Gasteiger partial charge in [0.2, 0.25) is 0 Å². The quantitative estimate of drug-likeness (QED) is 0.634. The molecular formula is C15H18N6O4. The van der Waals surface area contributed by atoms with Crippen LogP contribution in [0.4, 0.5) is 22.0 Å². The van der Waals surface area contributed by atoms with Gasteiger partial charge in [-0.2, -0.15) is 0 Å². The van der Waals surface area contributed by atoms with Gasteiger partial charge in [-0.15, -0.1) is 0 Å². The molecule has 2 heterocycles. The topological polar surface area (TPSA) is 125 Å². The third-order valence-electron chi connectivity index (χ3n) is 4.15. The number of nitrogens with zero attached hydrogens (tertiary/aromatic N) is 5. The molecule has 25 heavy (non-hydrogen) atoms. The summed E-state index contributed by atoms with van der Waals surface area (Å²) in [5.41, 5.74) is 0.988. The third kappa shape index (κ3) is 3.23. The van der Waals surface area contributed by atoms with Gasteiger partial charge < -0.3 is 20.2 Å². The highest BCUT2D eigenvalue weighted by molar-refractivity contribution is 5.95. The average Bonchev–Trinajstić information content (AvgIpc) is 2.60. The van der Waals surface area contributed by atoms with Gasteiger partial charge >= 0.3 is 6.09 Å². The minimum absolute atomic E-state index is 0.0328. The van der Waals surface area contributed by atoms with E-state index in [9.17, 15) is 14.9 Å². The summed E-state index contributed by atoms with van der Waals surface area (Å²) in [4.78, 5) is 33.7. The highest BCUT2D eigenvalue weighted by atomic mass is 16.6. The molecule has 132 valence electrons. The molecule has 10 nitrogen and oxygen atoms in total. The number of carbonyl (C=O) groups is 1. The first kappa shape index (κ1) is 16.7. The Hall–Kier alpha value is -3.17. The molecule has 2 aromatic rings. The summed E-state index contributed by atoms with van der Waals surface area (Å²) in [6, 6.07) is 3.13. The Morgan fingerprint density at radius 1 is 1.32 bits per heavy atom. The first-order valence-electron chi connectivity index (χ1n) is 7.91. The van der Waals surface area contributed by atoms with Crippen molar-refractivity contribution in [1.29, 1.82) is 0 Å². The van der Waals surface area contributed by atoms with Crippen molar-refractivity contribution in [1.82, 2.24) is 14.9 Å². The third-order valence-corrected chi connectivity index (χ3v) is 4.15. The fourth-order valence-electron chi connectivity index (χ4n) is 2.92. The van der Waals surface area contributed by atoms with Crippen LogP contribution < -0.4 is 10.2 Å². The lowest BCUT2D eigenvalue weighted by Gasteiger charge is -2.34. The number of aromatic nitrogens is 2. The number of anilines is 2. The molecule has 0 spiro atoms. The zero-order chi connectivity index (χ0) is 18.0. The van der Waals surface area contributed by atoms with Gasteiger partial charge in [-0.25, -0.2) is 14.8 Å². The van der Waals surface area contributed by atoms with Crippen molar-refractivity contribution < 1.29 is 14.8 Å². The van der Waals surface area contributed by atoms with Crippen LogP contribution >= 0.6 is 0 Å². The highest BCUT2D eigenvalue weighted by Gasteiger charge is 2.24. The molecular weight excluding hydrogens is 328 g/mol. The molecule has 0 radical (unpaired) electrons. The normalized spacial score (nSPS) is 14.6. The smallest absolute Gasteiger partial charge is 0.407 e. The van der Waals surface area contributed by atoms with E-state index in [0.29, 0.717) is 55.1 Å². The molecule has 1 aliphatic rings. The maximum Gasteiger partial charge on any atom is 0.407 e. The number of nitro benzene ring substituents is 1. The minimum atomic E-state index is -0.946. The summed E-state index contributed by atoms with van der Waals surface area (Å²) in [6.07, 6.45) is 0.473. The second kappa shape index (κ2) is 6.75. The summed E-state index contributed by atoms with van der Waals surface area (Å²) in [5.74, 6) is 0.584. The van der Waals surface area contributed by atoms with Gasteiger partial charge in [0.05, 0.1) is 10.4 Å². The van der Waals surface area contributed by atoms with Crippen LogP contribution in [-0.4, -0.2) is 63.7 Å². The number of fused-ring (bicyclic) bond motifs is 1. The fourth-order valence-corrected chi connectivity index (χ4v) is 2.92. The SMILES string of the molecule is CCNc1cc2ncnc(N3CCN(C(=O)O)CC3)c2cc1[N+](=O)[O-]. The number of nitro groups is 1. The number of hydrogen-bond donors (Lipinski definition) is 2. The molecule has 3 rings (SSSR count). The Labute approximate surface area is 143 Å². The monoisotopic (exact) mass is 346 g/mol. The van der Waals surface area contributed by atoms with E-state index in [1.165, 1.54) is 17.3 Å². The summed E-state index contributed by atoms with van der Waals surface area (Å²) in [7, 11) is 0. The van der Waals surface area contributed by atoms with Crippen molar-refractivity contribution in [2.24, 2.45) is 0 Å². The van der Waals surface area contributed by atoms with Gasteiger partial charge in [-0.1, -0.05) is 0 Å². The van der Waals surface area contributed by atoms with E-state index in [4.69, 9.17) is 5.11 Å². The van der Waals surface area contributed by atoms with Crippen molar-refractivity contribution in [3.05, 3.63) is 28.6 Å². The van der Waals surface area contributed by atoms with E-state index >= 15 is 0 Å². The van der Waals surface area contributed by atoms with Crippen LogP contribution in [-0.2, 0) is 0 Å². The van der Waals surface area contributed by atoms with Gasteiger partial charge in [-0.05, 0) is 13.0 Å². The molecule has 1 aliphatic heterocycles. The van der Waals surface area contributed by atoms with Crippen LogP contribution in [0, 0.1) is 10.1 Å². The van der Waals surface area contributed by atoms with Crippen LogP contribution in [0.3, 0.4) is 0 Å². The summed E-state index contributed by atoms with van der Waals surface area (Å²) in [5, 5.41) is 24.0. The van der Waals surface area contributed by atoms with Crippen LogP contribution in [0.5, 0.6) is 0 Å². The molecule has 0 atom stereocenters. The molecule has 1 aromatic heterocycles. The number of carboxylic acid groups (broad SMARTS) is 1. The average molecular weight is 346 g/mol. The Morgan fingerprint density at radius 2 is 2.04 bits per heavy atom. The van der Waals surface area contributed by atoms with E-state index < -0.39 is 11.0 Å². The van der Waals surface area contributed by atoms with Crippen LogP contribution in [0.15, 0.2) is 18.5 Å². The van der Waals surface area contributed by atoms with Gasteiger partial charge in [0.25, 0.3) is 5.69 Å². The predicted octanol–water partition coefficient (Wildman–Crippen LogP) is 1.77. The number of rotatable bonds is 4. The van der Waals surface area contributed by atoms with E-state index in [2.05, 4.69) is 15.3 Å². The molecule has 2 N–H and O–H groups in total. The second-order valence-corrected chi connectivity index (χ2v) is 5.63. The van der Waals surface area contributed by atoms with Crippen molar-refractivity contribution in [3.63, 3.8) is 0 Å². The lowest BCUT2D eigenvalue weighted by molar-refractivity contribution is -0.383. The van der Waals surface area contributed by atoms with Gasteiger partial charge in [-0.3, -0.25) is 10.1 Å². The Kier molecular flexibility index (Phi) is 4.50. The van der Waals surface area contributed by atoms with E-state index in [0.717, 1.165) is 0 Å². The Balaban J connectivity index is 2.00. The molecule has 0 aliphatic carbocycles. The van der Waals surface area contributed by atoms with Crippen molar-refractivity contribution in [2.75, 3.05) is 42.9 Å². The van der Waals surface area contributed by atoms with Crippen LogP contribution in [0.2, 0.25) is 0 Å². The number of benzene rings is 1. The van der Waals surface area contributed by atoms with Crippen molar-refractivity contribution >= 4 is 34.2 Å². The molecule has 10 heteroatoms. The zero-order valence-corrected chi connectivity index (χ0v) is 13.7. The van der Waals surface area contributed by atoms with E-state index in [1.54, 1.807) is 6.07 Å². The number of piperazine rings is 1. The van der Waals surface area contributed by atoms with Crippen molar-refractivity contribution in [3.8, 4) is 0 Å². The summed E-state index contributed by atoms with van der Waals surface area (Å²) >= 11 is 0. The summed E-state index contributed by atoms with van der Waals surface area (Å²) < 4.78 is 0. The largest absolute Gasteiger partial charge is 0.465 e. The van der Waals surface area contributed by atoms with E-state index in [1.807, 2.05) is 11.8 Å². The first-order valence-corrected chi connectivity index (χ1v) is 7.91. The standard InChI is InChI=1S/C15H18N6O4/c1-2-16-12-8-11-10(7-13(12)21(24)25)14(18-9-17-11)19-3-5-20(6-4-19)15(22)23/h7-9,16H,2-6H2,1H3,(H,22,23). The predicted molar refractivity (Wildman–Crippen MR) is 92.2 cm³/mol. The lowest BCUT2D eigenvalue weighted by Crippen LogP contribution is -2.48. The zero-order valence-electron chi connectivity index (χ0n) is 13.7. The Morgan fingerprint density at radius 3 is 2.64 bits per heavy atom. The maximum atomic E-state index is 11.4. The maximum absolute atomic E-state index is 11.4. The molecule has 1 amide bonds. The molecule has 1 saturated heterocycles. The number of amides is 1. The number of hydrogen-bond acceptors (Lipinski definition) is 7. The molecule has 0 saturated carbocycles. The van der Waals surface area contributed by atoms with Gasteiger partial charge in [0.15, 0.2) is 0 Å². The van der Waals surface area contributed by atoms with Gasteiger partial charge in [0, 0.05) is 44.2 Å². The molecule has 1 fully saturated rings. The highest BCUT2D eigenvalue weighted by Crippen LogP contribution is 2.33. The van der Waals surface area contributed by atoms with Gasteiger partial charge in [0.1, 0.15) is 17.8 Å². The Bertz CT molecular complexity index is 819. The first-order chi connectivity index (χ1) is 12.0. The minimum Gasteiger partial charge on any atom is -0.465 e. The van der Waals surface area contributed by atoms with Crippen molar-refractivity contribution in [2.45, 2.75) is 6.92 Å². The number of nitrogens with one attached hydrogen (secondary N) is 1. The second-order valence-electron chi connectivity index (χ2n) is 5.63.